The van der Waals surface area contributed by atoms with Crippen LogP contribution in [-0.4, -0.2) is 26.8 Å². The third kappa shape index (κ3) is 4.38. The maximum Gasteiger partial charge on any atom is 0.234 e. The number of aryl methyl sites for hydroxylation is 2. The summed E-state index contributed by atoms with van der Waals surface area (Å²) in [4.78, 5) is 15.9. The van der Waals surface area contributed by atoms with Crippen molar-refractivity contribution < 1.29 is 4.79 Å². The zero-order valence-electron chi connectivity index (χ0n) is 11.6. The molecule has 0 aliphatic heterocycles. The number of carbonyl (C=O) groups is 1. The monoisotopic (exact) mass is 290 g/mol. The highest BCUT2D eigenvalue weighted by Gasteiger charge is 2.06. The maximum absolute atomic E-state index is 11.8. The van der Waals surface area contributed by atoms with Crippen molar-refractivity contribution in [2.45, 2.75) is 31.8 Å². The van der Waals surface area contributed by atoms with Crippen LogP contribution in [0.15, 0.2) is 29.4 Å². The SMILES string of the molecule is CCCc1ccc(NC(=O)CSc2n[nH]c(C)n2)cc1. The third-order valence-electron chi connectivity index (χ3n) is 2.69. The van der Waals surface area contributed by atoms with Crippen LogP contribution in [0.2, 0.25) is 0 Å². The van der Waals surface area contributed by atoms with Gasteiger partial charge in [-0.15, -0.1) is 5.10 Å². The smallest absolute Gasteiger partial charge is 0.234 e. The Morgan fingerprint density at radius 3 is 2.70 bits per heavy atom. The molecule has 0 saturated carbocycles. The second kappa shape index (κ2) is 7.09. The van der Waals surface area contributed by atoms with Gasteiger partial charge in [-0.25, -0.2) is 4.98 Å². The van der Waals surface area contributed by atoms with Crippen LogP contribution in [0, 0.1) is 6.92 Å². The van der Waals surface area contributed by atoms with Gasteiger partial charge >= 0.3 is 0 Å². The van der Waals surface area contributed by atoms with E-state index in [1.807, 2.05) is 31.2 Å². The van der Waals surface area contributed by atoms with E-state index in [1.54, 1.807) is 0 Å². The molecule has 0 unspecified atom stereocenters. The second-order valence-electron chi connectivity index (χ2n) is 4.49. The molecule has 0 fully saturated rings. The Balaban J connectivity index is 1.81. The fourth-order valence-electron chi connectivity index (χ4n) is 1.76. The molecule has 0 radical (unpaired) electrons. The maximum atomic E-state index is 11.8. The van der Waals surface area contributed by atoms with Gasteiger partial charge in [0.1, 0.15) is 5.82 Å². The van der Waals surface area contributed by atoms with E-state index in [0.717, 1.165) is 24.4 Å². The van der Waals surface area contributed by atoms with Crippen LogP contribution in [0.4, 0.5) is 5.69 Å². The van der Waals surface area contributed by atoms with Gasteiger partial charge in [-0.3, -0.25) is 9.89 Å². The Labute approximate surface area is 122 Å². The fourth-order valence-corrected chi connectivity index (χ4v) is 2.40. The summed E-state index contributed by atoms with van der Waals surface area (Å²) in [5.74, 6) is 0.994. The predicted octanol–water partition coefficient (Wildman–Crippen LogP) is 2.80. The molecule has 2 rings (SSSR count). The summed E-state index contributed by atoms with van der Waals surface area (Å²) >= 11 is 1.31. The predicted molar refractivity (Wildman–Crippen MR) is 80.9 cm³/mol. The van der Waals surface area contributed by atoms with Crippen molar-refractivity contribution >= 4 is 23.4 Å². The van der Waals surface area contributed by atoms with Crippen molar-refractivity contribution in [3.05, 3.63) is 35.7 Å². The van der Waals surface area contributed by atoms with Crippen molar-refractivity contribution in [3.8, 4) is 0 Å². The van der Waals surface area contributed by atoms with Crippen LogP contribution in [-0.2, 0) is 11.2 Å². The van der Waals surface area contributed by atoms with Crippen molar-refractivity contribution in [2.75, 3.05) is 11.1 Å². The molecule has 0 bridgehead atoms. The molecule has 2 aromatic rings. The Hall–Kier alpha value is -1.82. The van der Waals surface area contributed by atoms with Gasteiger partial charge in [-0.05, 0) is 31.0 Å². The number of aromatic nitrogens is 3. The molecule has 5 nitrogen and oxygen atoms in total. The van der Waals surface area contributed by atoms with Crippen molar-refractivity contribution in [1.82, 2.24) is 15.2 Å². The van der Waals surface area contributed by atoms with Crippen LogP contribution in [0.25, 0.3) is 0 Å². The number of nitrogens with one attached hydrogen (secondary N) is 2. The number of hydrogen-bond donors (Lipinski definition) is 2. The van der Waals surface area contributed by atoms with Crippen molar-refractivity contribution in [3.63, 3.8) is 0 Å². The molecule has 0 atom stereocenters. The molecule has 0 spiro atoms. The highest BCUT2D eigenvalue weighted by molar-refractivity contribution is 7.99. The molecular formula is C14H18N4OS. The summed E-state index contributed by atoms with van der Waals surface area (Å²) in [6.45, 7) is 3.98. The first-order valence-electron chi connectivity index (χ1n) is 6.58. The lowest BCUT2D eigenvalue weighted by Gasteiger charge is -2.05. The van der Waals surface area contributed by atoms with Crippen LogP contribution in [0.1, 0.15) is 24.7 Å². The lowest BCUT2D eigenvalue weighted by atomic mass is 10.1. The summed E-state index contributed by atoms with van der Waals surface area (Å²) in [6, 6.07) is 7.96. The lowest BCUT2D eigenvalue weighted by molar-refractivity contribution is -0.113. The minimum absolute atomic E-state index is 0.0549. The van der Waals surface area contributed by atoms with E-state index in [9.17, 15) is 4.79 Å². The molecule has 0 aliphatic carbocycles. The zero-order chi connectivity index (χ0) is 14.4. The number of benzene rings is 1. The van der Waals surface area contributed by atoms with Gasteiger partial charge in [0.15, 0.2) is 0 Å². The first-order valence-corrected chi connectivity index (χ1v) is 7.56. The number of hydrogen-bond acceptors (Lipinski definition) is 4. The highest BCUT2D eigenvalue weighted by atomic mass is 32.2. The fraction of sp³-hybridized carbons (Fsp3) is 0.357. The third-order valence-corrected chi connectivity index (χ3v) is 3.53. The summed E-state index contributed by atoms with van der Waals surface area (Å²) < 4.78 is 0. The number of anilines is 1. The Bertz CT molecular complexity index is 565. The quantitative estimate of drug-likeness (QED) is 0.803. The first-order chi connectivity index (χ1) is 9.67. The van der Waals surface area contributed by atoms with E-state index in [0.29, 0.717) is 10.9 Å². The summed E-state index contributed by atoms with van der Waals surface area (Å²) in [5.41, 5.74) is 2.11. The van der Waals surface area contributed by atoms with Gasteiger partial charge in [0.25, 0.3) is 0 Å². The molecule has 20 heavy (non-hydrogen) atoms. The van der Waals surface area contributed by atoms with Crippen LogP contribution >= 0.6 is 11.8 Å². The molecule has 1 heterocycles. The van der Waals surface area contributed by atoms with Crippen LogP contribution in [0.3, 0.4) is 0 Å². The number of rotatable bonds is 6. The standard InChI is InChI=1S/C14H18N4OS/c1-3-4-11-5-7-12(8-6-11)16-13(19)9-20-14-15-10(2)17-18-14/h5-8H,3-4,9H2,1-2H3,(H,16,19)(H,15,17,18). The molecule has 1 amide bonds. The van der Waals surface area contributed by atoms with Crippen LogP contribution in [0.5, 0.6) is 0 Å². The molecule has 1 aromatic heterocycles. The molecule has 6 heteroatoms. The molecule has 2 N–H and O–H groups in total. The van der Waals surface area contributed by atoms with Gasteiger partial charge in [-0.1, -0.05) is 37.2 Å². The molecule has 1 aromatic carbocycles. The van der Waals surface area contributed by atoms with E-state index in [4.69, 9.17) is 0 Å². The summed E-state index contributed by atoms with van der Waals surface area (Å²) in [6.07, 6.45) is 2.19. The molecule has 106 valence electrons. The normalized spacial score (nSPS) is 10.5. The number of nitrogens with zero attached hydrogens (tertiary/aromatic N) is 2. The minimum atomic E-state index is -0.0549. The largest absolute Gasteiger partial charge is 0.325 e. The van der Waals surface area contributed by atoms with E-state index in [1.165, 1.54) is 17.3 Å². The van der Waals surface area contributed by atoms with Crippen molar-refractivity contribution in [2.24, 2.45) is 0 Å². The number of H-pyrrole nitrogens is 1. The van der Waals surface area contributed by atoms with Gasteiger partial charge in [-0.2, -0.15) is 0 Å². The van der Waals surface area contributed by atoms with E-state index in [-0.39, 0.29) is 5.91 Å². The van der Waals surface area contributed by atoms with Gasteiger partial charge in [0.2, 0.25) is 11.1 Å². The zero-order valence-corrected chi connectivity index (χ0v) is 12.5. The van der Waals surface area contributed by atoms with E-state index in [2.05, 4.69) is 27.4 Å². The van der Waals surface area contributed by atoms with Gasteiger partial charge < -0.3 is 5.32 Å². The molecule has 0 saturated heterocycles. The second-order valence-corrected chi connectivity index (χ2v) is 5.43. The minimum Gasteiger partial charge on any atom is -0.325 e. The molecular weight excluding hydrogens is 272 g/mol. The van der Waals surface area contributed by atoms with E-state index >= 15 is 0 Å². The van der Waals surface area contributed by atoms with Crippen LogP contribution < -0.4 is 5.32 Å². The summed E-state index contributed by atoms with van der Waals surface area (Å²) in [7, 11) is 0. The first kappa shape index (κ1) is 14.6. The van der Waals surface area contributed by atoms with Crippen molar-refractivity contribution in [1.29, 1.82) is 0 Å². The van der Waals surface area contributed by atoms with Gasteiger partial charge in [0.05, 0.1) is 5.75 Å². The Morgan fingerprint density at radius 2 is 2.10 bits per heavy atom. The average Bonchev–Trinajstić information content (AvgIpc) is 2.85. The number of aromatic amines is 1. The highest BCUT2D eigenvalue weighted by Crippen LogP contribution is 2.14. The number of thioether (sulfide) groups is 1. The van der Waals surface area contributed by atoms with E-state index < -0.39 is 0 Å². The number of carbonyl (C=O) groups excluding carboxylic acids is 1. The topological polar surface area (TPSA) is 70.7 Å². The lowest BCUT2D eigenvalue weighted by Crippen LogP contribution is -2.14. The Kier molecular flexibility index (Phi) is 5.17. The molecule has 0 aliphatic rings. The number of amides is 1. The Morgan fingerprint density at radius 1 is 1.35 bits per heavy atom. The van der Waals surface area contributed by atoms with Gasteiger partial charge in [0, 0.05) is 5.69 Å². The average molecular weight is 290 g/mol. The summed E-state index contributed by atoms with van der Waals surface area (Å²) in [5, 5.41) is 10.2.